The fraction of sp³-hybridized carbons (Fsp3) is 0.435. The van der Waals surface area contributed by atoms with Crippen molar-refractivity contribution in [3.63, 3.8) is 0 Å². The van der Waals surface area contributed by atoms with E-state index in [0.29, 0.717) is 6.54 Å². The number of likely N-dealkylation sites (tertiary alicyclic amines) is 2. The molecule has 30 heavy (non-hydrogen) atoms. The largest absolute Gasteiger partial charge is 0.335 e. The molecule has 2 amide bonds. The Balaban J connectivity index is 0.00000160. The Bertz CT molecular complexity index is 780. The van der Waals surface area contributed by atoms with Gasteiger partial charge in [0.05, 0.1) is 0 Å². The minimum Gasteiger partial charge on any atom is -0.335 e. The van der Waals surface area contributed by atoms with E-state index in [2.05, 4.69) is 58.7 Å². The highest BCUT2D eigenvalue weighted by atomic mass is 35.5. The van der Waals surface area contributed by atoms with Crippen molar-refractivity contribution in [2.24, 2.45) is 5.73 Å². The number of hydrogen-bond acceptors (Lipinski definition) is 3. The number of carbonyl (C=O) groups is 1. The van der Waals surface area contributed by atoms with Crippen molar-refractivity contribution in [3.8, 4) is 11.1 Å². The Kier molecular flexibility index (Phi) is 9.43. The summed E-state index contributed by atoms with van der Waals surface area (Å²) in [6, 6.07) is 19.8. The Morgan fingerprint density at radius 2 is 1.53 bits per heavy atom. The van der Waals surface area contributed by atoms with Crippen LogP contribution < -0.4 is 11.1 Å². The van der Waals surface area contributed by atoms with E-state index in [-0.39, 0.29) is 42.9 Å². The molecular formula is C23H32Cl2N4O. The van der Waals surface area contributed by atoms with Crippen LogP contribution in [0.4, 0.5) is 4.79 Å². The van der Waals surface area contributed by atoms with Gasteiger partial charge in [-0.05, 0) is 36.0 Å². The van der Waals surface area contributed by atoms with Crippen molar-refractivity contribution in [2.45, 2.75) is 37.9 Å². The molecule has 4 rings (SSSR count). The van der Waals surface area contributed by atoms with Crippen LogP contribution in [0.15, 0.2) is 54.6 Å². The molecule has 2 aliphatic rings. The normalized spacial score (nSPS) is 19.6. The number of carbonyl (C=O) groups excluding carboxylic acids is 1. The van der Waals surface area contributed by atoms with Gasteiger partial charge in [0.15, 0.2) is 0 Å². The van der Waals surface area contributed by atoms with Gasteiger partial charge in [-0.1, -0.05) is 54.6 Å². The maximum absolute atomic E-state index is 12.3. The number of amides is 2. The molecule has 2 saturated heterocycles. The zero-order valence-corrected chi connectivity index (χ0v) is 18.8. The fourth-order valence-corrected chi connectivity index (χ4v) is 4.16. The highest BCUT2D eigenvalue weighted by Gasteiger charge is 2.27. The summed E-state index contributed by atoms with van der Waals surface area (Å²) in [6.45, 7) is 4.47. The van der Waals surface area contributed by atoms with Gasteiger partial charge in [0.2, 0.25) is 0 Å². The van der Waals surface area contributed by atoms with Crippen LogP contribution in [-0.2, 0) is 6.54 Å². The van der Waals surface area contributed by atoms with Crippen LogP contribution >= 0.6 is 24.8 Å². The number of nitrogens with two attached hydrogens (primary N) is 1. The van der Waals surface area contributed by atoms with E-state index < -0.39 is 0 Å². The number of nitrogens with zero attached hydrogens (tertiary/aromatic N) is 2. The lowest BCUT2D eigenvalue weighted by Crippen LogP contribution is -2.48. The van der Waals surface area contributed by atoms with Crippen LogP contribution in [0.1, 0.15) is 24.8 Å². The summed E-state index contributed by atoms with van der Waals surface area (Å²) in [7, 11) is 0. The predicted octanol–water partition coefficient (Wildman–Crippen LogP) is 3.90. The number of rotatable bonds is 4. The van der Waals surface area contributed by atoms with Crippen LogP contribution in [0.5, 0.6) is 0 Å². The third kappa shape index (κ3) is 6.35. The molecule has 0 aliphatic carbocycles. The lowest BCUT2D eigenvalue weighted by atomic mass is 10.0. The molecule has 0 bridgehead atoms. The van der Waals surface area contributed by atoms with Gasteiger partial charge in [0.25, 0.3) is 0 Å². The van der Waals surface area contributed by atoms with Crippen molar-refractivity contribution in [2.75, 3.05) is 26.2 Å². The van der Waals surface area contributed by atoms with Crippen molar-refractivity contribution < 1.29 is 4.79 Å². The number of nitrogens with one attached hydrogen (secondary N) is 1. The highest BCUT2D eigenvalue weighted by Crippen LogP contribution is 2.21. The number of benzene rings is 2. The van der Waals surface area contributed by atoms with Crippen LogP contribution in [0.2, 0.25) is 0 Å². The molecule has 2 heterocycles. The number of urea groups is 1. The lowest BCUT2D eigenvalue weighted by molar-refractivity contribution is 0.174. The standard InChI is InChI=1S/C23H30N4O.2ClH/c24-21-10-15-27(17-21)23(28)25-22-11-13-26(14-12-22)16-18-6-8-20(9-7-18)19-4-2-1-3-5-19;;/h1-9,21-22H,10-17,24H2,(H,25,28);2*1H/t21-;;/m0../s1. The number of hydrogen-bond donors (Lipinski definition) is 2. The SMILES string of the molecule is Cl.Cl.N[C@H]1CCN(C(=O)NC2CCN(Cc3ccc(-c4ccccc4)cc3)CC2)C1. The van der Waals surface area contributed by atoms with E-state index in [0.717, 1.165) is 45.4 Å². The summed E-state index contributed by atoms with van der Waals surface area (Å²) in [5.41, 5.74) is 9.75. The summed E-state index contributed by atoms with van der Waals surface area (Å²) in [5, 5.41) is 3.20. The lowest BCUT2D eigenvalue weighted by Gasteiger charge is -2.33. The molecule has 2 aromatic rings. The van der Waals surface area contributed by atoms with Crippen molar-refractivity contribution >= 4 is 30.8 Å². The van der Waals surface area contributed by atoms with Gasteiger partial charge >= 0.3 is 6.03 Å². The zero-order valence-electron chi connectivity index (χ0n) is 17.2. The van der Waals surface area contributed by atoms with Gasteiger partial charge < -0.3 is 16.0 Å². The Hall–Kier alpha value is -1.79. The first-order valence-electron chi connectivity index (χ1n) is 10.3. The Labute approximate surface area is 191 Å². The minimum absolute atomic E-state index is 0. The first-order chi connectivity index (χ1) is 13.7. The molecule has 164 valence electrons. The van der Waals surface area contributed by atoms with E-state index in [1.165, 1.54) is 16.7 Å². The van der Waals surface area contributed by atoms with Crippen LogP contribution in [0.25, 0.3) is 11.1 Å². The molecule has 0 radical (unpaired) electrons. The first kappa shape index (κ1) is 24.5. The van der Waals surface area contributed by atoms with Gasteiger partial charge in [0.1, 0.15) is 0 Å². The quantitative estimate of drug-likeness (QED) is 0.741. The Morgan fingerprint density at radius 3 is 2.13 bits per heavy atom. The molecule has 1 atom stereocenters. The van der Waals surface area contributed by atoms with E-state index in [1.54, 1.807) is 0 Å². The van der Waals surface area contributed by atoms with Crippen LogP contribution in [-0.4, -0.2) is 54.1 Å². The second kappa shape index (κ2) is 11.6. The van der Waals surface area contributed by atoms with Crippen molar-refractivity contribution in [1.29, 1.82) is 0 Å². The van der Waals surface area contributed by atoms with Crippen molar-refractivity contribution in [3.05, 3.63) is 60.2 Å². The fourth-order valence-electron chi connectivity index (χ4n) is 4.16. The zero-order chi connectivity index (χ0) is 19.3. The molecule has 0 spiro atoms. The molecule has 3 N–H and O–H groups in total. The number of halogens is 2. The monoisotopic (exact) mass is 450 g/mol. The summed E-state index contributed by atoms with van der Waals surface area (Å²) < 4.78 is 0. The molecule has 0 unspecified atom stereocenters. The van der Waals surface area contributed by atoms with Gasteiger partial charge in [-0.2, -0.15) is 0 Å². The van der Waals surface area contributed by atoms with E-state index >= 15 is 0 Å². The molecule has 0 saturated carbocycles. The van der Waals surface area contributed by atoms with E-state index in [9.17, 15) is 4.79 Å². The van der Waals surface area contributed by atoms with Crippen LogP contribution in [0.3, 0.4) is 0 Å². The van der Waals surface area contributed by atoms with Gasteiger partial charge in [0, 0.05) is 44.8 Å². The first-order valence-corrected chi connectivity index (χ1v) is 10.3. The smallest absolute Gasteiger partial charge is 0.317 e. The molecule has 2 aromatic carbocycles. The van der Waals surface area contributed by atoms with Gasteiger partial charge in [-0.15, -0.1) is 24.8 Å². The molecule has 0 aromatic heterocycles. The van der Waals surface area contributed by atoms with Gasteiger partial charge in [-0.25, -0.2) is 4.79 Å². The number of piperidine rings is 1. The van der Waals surface area contributed by atoms with Crippen LogP contribution in [0, 0.1) is 0 Å². The molecule has 5 nitrogen and oxygen atoms in total. The van der Waals surface area contributed by atoms with E-state index in [4.69, 9.17) is 5.73 Å². The van der Waals surface area contributed by atoms with Crippen molar-refractivity contribution in [1.82, 2.24) is 15.1 Å². The topological polar surface area (TPSA) is 61.6 Å². The summed E-state index contributed by atoms with van der Waals surface area (Å²) in [4.78, 5) is 16.7. The average molecular weight is 451 g/mol. The minimum atomic E-state index is 0. The third-order valence-electron chi connectivity index (χ3n) is 5.89. The predicted molar refractivity (Wildman–Crippen MR) is 127 cm³/mol. The molecule has 7 heteroatoms. The molecule has 2 aliphatic heterocycles. The summed E-state index contributed by atoms with van der Waals surface area (Å²) >= 11 is 0. The second-order valence-corrected chi connectivity index (χ2v) is 8.06. The summed E-state index contributed by atoms with van der Waals surface area (Å²) in [6.07, 6.45) is 2.93. The average Bonchev–Trinajstić information content (AvgIpc) is 3.17. The summed E-state index contributed by atoms with van der Waals surface area (Å²) in [5.74, 6) is 0. The highest BCUT2D eigenvalue weighted by molar-refractivity contribution is 5.85. The maximum Gasteiger partial charge on any atom is 0.317 e. The molecular weight excluding hydrogens is 419 g/mol. The van der Waals surface area contributed by atoms with Gasteiger partial charge in [-0.3, -0.25) is 4.90 Å². The van der Waals surface area contributed by atoms with E-state index in [1.807, 2.05) is 11.0 Å². The Morgan fingerprint density at radius 1 is 0.900 bits per heavy atom. The third-order valence-corrected chi connectivity index (χ3v) is 5.89. The molecule has 2 fully saturated rings. The second-order valence-electron chi connectivity index (χ2n) is 8.06. The maximum atomic E-state index is 12.3.